The van der Waals surface area contributed by atoms with Gasteiger partial charge >= 0.3 is 0 Å². The fourth-order valence-electron chi connectivity index (χ4n) is 17.2. The molecule has 10 aliphatic rings. The smallest absolute Gasteiger partial charge is 0.187 e. The third kappa shape index (κ3) is 12.6. The van der Waals surface area contributed by atoms with Crippen molar-refractivity contribution >= 4 is 0 Å². The molecule has 0 aromatic carbocycles. The first-order valence-electron chi connectivity index (χ1n) is 31.0. The molecule has 38 atom stereocenters. The third-order valence-corrected chi connectivity index (χ3v) is 22.2. The standard InChI is InChI=1S/C57H96O30/c1-20(19-77-50-43(72)39(68)35(64)29(14-58)79-50)7-10-57(76)21(2)34-28(87-57)12-25-23-6-5-22-11-27(26(63)13-56(22,4)24(23)8-9-55(25,34)3)78-51-46(75)42(71)47(33(18-62)83-51)84-54-49(86-53-45(74)41(70)37(66)31(16-60)81-53)48(38(67)32(17-61)82-54)85-52-44(73)40(69)36(65)30(15-59)80-52/h20-54,58-76H,5-19H2,1-4H3/t20-,21-,22-,23+,24-,25-,26+,27+,28-,29+,30+,31+,32+,33+,34-,35-,36-,37-,38+,39-,40-,41-,42+,43+,44+,45+,46+,47+,48-,49+,50+,51+,52-,53-,54-,55-,56-,57+/m0/s1. The fraction of sp³-hybridized carbons (Fsp3) is 1.00. The first-order chi connectivity index (χ1) is 41.2. The van der Waals surface area contributed by atoms with Crippen molar-refractivity contribution < 1.29 is 149 Å². The third-order valence-electron chi connectivity index (χ3n) is 22.2. The highest BCUT2D eigenvalue weighted by atomic mass is 16.8. The quantitative estimate of drug-likeness (QED) is 0.0534. The minimum atomic E-state index is -2.09. The summed E-state index contributed by atoms with van der Waals surface area (Å²) in [6.45, 7) is 4.45. The molecule has 0 bridgehead atoms. The highest BCUT2D eigenvalue weighted by Crippen LogP contribution is 2.71. The summed E-state index contributed by atoms with van der Waals surface area (Å²) in [6.07, 6.45) is -40.6. The van der Waals surface area contributed by atoms with E-state index in [1.807, 2.05) is 6.92 Å². The van der Waals surface area contributed by atoms with Gasteiger partial charge in [0.05, 0.1) is 58.0 Å². The maximum atomic E-state index is 12.2. The molecule has 4 aliphatic carbocycles. The van der Waals surface area contributed by atoms with Crippen LogP contribution < -0.4 is 0 Å². The lowest BCUT2D eigenvalue weighted by atomic mass is 9.44. The Morgan fingerprint density at radius 2 is 0.966 bits per heavy atom. The Hall–Kier alpha value is -1.20. The van der Waals surface area contributed by atoms with E-state index >= 15 is 0 Å². The van der Waals surface area contributed by atoms with Gasteiger partial charge < -0.3 is 149 Å². The van der Waals surface area contributed by atoms with E-state index in [1.54, 1.807) is 0 Å². The summed E-state index contributed by atoms with van der Waals surface area (Å²) in [7, 11) is 0. The molecule has 10 fully saturated rings. The lowest BCUT2D eigenvalue weighted by molar-refractivity contribution is -0.407. The van der Waals surface area contributed by atoms with E-state index in [9.17, 15) is 97.0 Å². The second-order valence-corrected chi connectivity index (χ2v) is 27.2. The van der Waals surface area contributed by atoms with Crippen LogP contribution in [0.4, 0.5) is 0 Å². The van der Waals surface area contributed by atoms with E-state index in [2.05, 4.69) is 20.8 Å². The van der Waals surface area contributed by atoms with E-state index in [0.717, 1.165) is 32.1 Å². The Labute approximate surface area is 502 Å². The normalized spacial score (nSPS) is 55.6. The van der Waals surface area contributed by atoms with Crippen LogP contribution in [0, 0.1) is 52.3 Å². The molecule has 6 saturated heterocycles. The van der Waals surface area contributed by atoms with Gasteiger partial charge in [-0.2, -0.15) is 0 Å². The van der Waals surface area contributed by atoms with Gasteiger partial charge in [0.2, 0.25) is 0 Å². The maximum Gasteiger partial charge on any atom is 0.187 e. The van der Waals surface area contributed by atoms with Crippen LogP contribution >= 0.6 is 0 Å². The number of fused-ring (bicyclic) bond motifs is 7. The number of hydrogen-bond acceptors (Lipinski definition) is 30. The van der Waals surface area contributed by atoms with Crippen molar-refractivity contribution in [3.05, 3.63) is 0 Å². The molecule has 6 heterocycles. The number of ether oxygens (including phenoxy) is 11. The molecule has 30 nitrogen and oxygen atoms in total. The van der Waals surface area contributed by atoms with Crippen molar-refractivity contribution in [3.63, 3.8) is 0 Å². The number of rotatable bonds is 19. The van der Waals surface area contributed by atoms with Crippen LogP contribution in [0.25, 0.3) is 0 Å². The summed E-state index contributed by atoms with van der Waals surface area (Å²) in [6, 6.07) is 0. The number of aliphatic hydroxyl groups excluding tert-OH is 18. The zero-order valence-corrected chi connectivity index (χ0v) is 49.3. The Kier molecular flexibility index (Phi) is 21.5. The molecule has 87 heavy (non-hydrogen) atoms. The molecule has 6 aliphatic heterocycles. The van der Waals surface area contributed by atoms with Crippen LogP contribution in [-0.4, -0.2) is 314 Å². The van der Waals surface area contributed by atoms with Crippen molar-refractivity contribution in [1.29, 1.82) is 0 Å². The zero-order chi connectivity index (χ0) is 63.1. The molecule has 0 amide bonds. The maximum absolute atomic E-state index is 12.2. The Balaban J connectivity index is 0.777. The van der Waals surface area contributed by atoms with Gasteiger partial charge in [0, 0.05) is 12.3 Å². The first kappa shape index (κ1) is 68.7. The fourth-order valence-corrected chi connectivity index (χ4v) is 17.2. The molecule has 0 radical (unpaired) electrons. The van der Waals surface area contributed by atoms with Gasteiger partial charge in [-0.05, 0) is 97.7 Å². The van der Waals surface area contributed by atoms with E-state index in [0.29, 0.717) is 37.5 Å². The summed E-state index contributed by atoms with van der Waals surface area (Å²) >= 11 is 0. The summed E-state index contributed by atoms with van der Waals surface area (Å²) < 4.78 is 65.7. The van der Waals surface area contributed by atoms with Gasteiger partial charge in [-0.3, -0.25) is 0 Å². The zero-order valence-electron chi connectivity index (χ0n) is 49.3. The van der Waals surface area contributed by atoms with Crippen LogP contribution in [0.1, 0.15) is 85.5 Å². The molecule has 4 saturated carbocycles. The molecular weight excluding hydrogens is 1160 g/mol. The highest BCUT2D eigenvalue weighted by Gasteiger charge is 2.69. The lowest BCUT2D eigenvalue weighted by Gasteiger charge is -2.62. The van der Waals surface area contributed by atoms with Crippen LogP contribution in [0.15, 0.2) is 0 Å². The van der Waals surface area contributed by atoms with Crippen LogP contribution in [0.5, 0.6) is 0 Å². The molecule has 0 spiro atoms. The van der Waals surface area contributed by atoms with Gasteiger partial charge in [0.25, 0.3) is 0 Å². The molecule has 19 N–H and O–H groups in total. The van der Waals surface area contributed by atoms with Crippen molar-refractivity contribution in [1.82, 2.24) is 0 Å². The molecule has 0 aromatic rings. The van der Waals surface area contributed by atoms with E-state index in [1.165, 1.54) is 0 Å². The SMILES string of the molecule is C[C@@H](CC[C@@]1(O)O[C@H]2C[C@H]3[C@@H]4CC[C@H]5C[C@@H](O[C@@H]6O[C@H](CO)[C@@H](O[C@@H]7O[C@H](CO)[C@@H](O)[C@H](O[C@@H]8O[C@H](CO)[C@H](O)[C@H](O)[C@H]8O)[C@H]7O[C@@H]7O[C@H](CO)[C@H](O)[C@H](O)[C@H]7O)[C@H](O)[C@H]6O)[C@H](O)C[C@]5(C)[C@H]4CC[C@]3(C)[C@H]2[C@@H]1C)CO[C@@H]1O[C@H](CO)[C@H](O)[C@H](O)[C@H]1O. The predicted molar refractivity (Wildman–Crippen MR) is 286 cm³/mol. The first-order valence-corrected chi connectivity index (χ1v) is 31.0. The summed E-state index contributed by atoms with van der Waals surface area (Å²) in [5.74, 6) is -0.710. The highest BCUT2D eigenvalue weighted by molar-refractivity contribution is 5.16. The number of hydrogen-bond donors (Lipinski definition) is 19. The van der Waals surface area contributed by atoms with Crippen LogP contribution in [0.2, 0.25) is 0 Å². The summed E-state index contributed by atoms with van der Waals surface area (Å²) in [4.78, 5) is 0. The number of aliphatic hydroxyl groups is 19. The Morgan fingerprint density at radius 1 is 0.483 bits per heavy atom. The van der Waals surface area contributed by atoms with Crippen molar-refractivity contribution in [2.24, 2.45) is 52.3 Å². The minimum Gasteiger partial charge on any atom is -0.394 e. The Bertz CT molecular complexity index is 2220. The largest absolute Gasteiger partial charge is 0.394 e. The van der Waals surface area contributed by atoms with Gasteiger partial charge in [0.1, 0.15) is 122 Å². The molecule has 0 unspecified atom stereocenters. The van der Waals surface area contributed by atoms with Gasteiger partial charge in [-0.15, -0.1) is 0 Å². The average Bonchev–Trinajstić information content (AvgIpc) is 1.60. The Morgan fingerprint density at radius 3 is 1.54 bits per heavy atom. The van der Waals surface area contributed by atoms with Crippen LogP contribution in [-0.2, 0) is 52.1 Å². The second kappa shape index (κ2) is 27.3. The molecule has 0 aromatic heterocycles. The van der Waals surface area contributed by atoms with Crippen molar-refractivity contribution in [3.8, 4) is 0 Å². The van der Waals surface area contributed by atoms with Crippen molar-refractivity contribution in [2.75, 3.05) is 39.6 Å². The van der Waals surface area contributed by atoms with Gasteiger partial charge in [0.15, 0.2) is 37.2 Å². The van der Waals surface area contributed by atoms with E-state index in [-0.39, 0.29) is 53.1 Å². The molecule has 30 heteroatoms. The van der Waals surface area contributed by atoms with Gasteiger partial charge in [-0.25, -0.2) is 0 Å². The van der Waals surface area contributed by atoms with E-state index < -0.39 is 205 Å². The second-order valence-electron chi connectivity index (χ2n) is 27.2. The van der Waals surface area contributed by atoms with E-state index in [4.69, 9.17) is 52.1 Å². The van der Waals surface area contributed by atoms with Crippen molar-refractivity contribution in [2.45, 2.75) is 263 Å². The molecule has 504 valence electrons. The average molecular weight is 1260 g/mol. The topological polar surface area (TPSA) is 486 Å². The summed E-state index contributed by atoms with van der Waals surface area (Å²) in [5, 5.41) is 205. The van der Waals surface area contributed by atoms with Crippen LogP contribution in [0.3, 0.4) is 0 Å². The predicted octanol–water partition coefficient (Wildman–Crippen LogP) is -7.16. The summed E-state index contributed by atoms with van der Waals surface area (Å²) in [5.41, 5.74) is -0.457. The van der Waals surface area contributed by atoms with Gasteiger partial charge in [-0.1, -0.05) is 27.7 Å². The lowest BCUT2D eigenvalue weighted by Crippen LogP contribution is -2.69. The molecule has 10 rings (SSSR count). The minimum absolute atomic E-state index is 0.0665. The monoisotopic (exact) mass is 1260 g/mol. The molecular formula is C57H96O30.